The molecule has 1 aliphatic heterocycles. The summed E-state index contributed by atoms with van der Waals surface area (Å²) < 4.78 is 49.4. The smallest absolute Gasteiger partial charge is 0.433 e. The number of hydrogen-bond donors (Lipinski definition) is 2. The minimum Gasteiger partial charge on any atom is -0.481 e. The minimum atomic E-state index is -4.62. The van der Waals surface area contributed by atoms with E-state index < -0.39 is 11.9 Å². The van der Waals surface area contributed by atoms with Crippen molar-refractivity contribution in [3.8, 4) is 5.88 Å². The van der Waals surface area contributed by atoms with Crippen LogP contribution in [0.25, 0.3) is 0 Å². The van der Waals surface area contributed by atoms with Crippen molar-refractivity contribution in [1.82, 2.24) is 15.3 Å². The lowest BCUT2D eigenvalue weighted by atomic mass is 9.74. The van der Waals surface area contributed by atoms with E-state index in [9.17, 15) is 13.2 Å². The zero-order valence-electron chi connectivity index (χ0n) is 15.8. The van der Waals surface area contributed by atoms with Crippen molar-refractivity contribution in [3.05, 3.63) is 47.7 Å². The topological polar surface area (TPSA) is 68.3 Å². The van der Waals surface area contributed by atoms with E-state index >= 15 is 0 Å². The normalized spacial score (nSPS) is 16.1. The van der Waals surface area contributed by atoms with Gasteiger partial charge in [0.25, 0.3) is 0 Å². The van der Waals surface area contributed by atoms with Gasteiger partial charge in [-0.25, -0.2) is 4.98 Å². The van der Waals surface area contributed by atoms with Gasteiger partial charge in [-0.1, -0.05) is 30.3 Å². The quantitative estimate of drug-likeness (QED) is 0.709. The molecule has 1 aromatic heterocycles. The summed E-state index contributed by atoms with van der Waals surface area (Å²) in [5.41, 5.74) is -0.132. The van der Waals surface area contributed by atoms with E-state index in [-0.39, 0.29) is 22.4 Å². The number of nitrogens with one attached hydrogen (secondary N) is 2. The van der Waals surface area contributed by atoms with Crippen molar-refractivity contribution in [1.29, 1.82) is 0 Å². The molecular weight excluding hydrogens is 405 g/mol. The van der Waals surface area contributed by atoms with Gasteiger partial charge in [0.1, 0.15) is 0 Å². The number of benzene rings is 1. The number of aromatic nitrogens is 2. The van der Waals surface area contributed by atoms with Gasteiger partial charge in [0, 0.05) is 31.2 Å². The summed E-state index contributed by atoms with van der Waals surface area (Å²) in [6, 6.07) is 10.8. The summed E-state index contributed by atoms with van der Waals surface area (Å²) >= 11 is 5.26. The Morgan fingerprint density at radius 1 is 1.21 bits per heavy atom. The number of anilines is 1. The maximum absolute atomic E-state index is 13.0. The van der Waals surface area contributed by atoms with E-state index in [0.717, 1.165) is 24.5 Å². The highest BCUT2D eigenvalue weighted by molar-refractivity contribution is 7.80. The molecule has 156 valence electrons. The van der Waals surface area contributed by atoms with E-state index in [1.165, 1.54) is 7.11 Å². The molecule has 1 saturated heterocycles. The molecule has 3 rings (SSSR count). The van der Waals surface area contributed by atoms with Gasteiger partial charge in [-0.2, -0.15) is 18.2 Å². The first kappa shape index (κ1) is 21.3. The number of alkyl halides is 3. The lowest BCUT2D eigenvalue weighted by Crippen LogP contribution is -2.45. The zero-order chi connectivity index (χ0) is 20.9. The second-order valence-electron chi connectivity index (χ2n) is 6.68. The Kier molecular flexibility index (Phi) is 6.53. The van der Waals surface area contributed by atoms with Crippen LogP contribution < -0.4 is 15.4 Å². The predicted octanol–water partition coefficient (Wildman–Crippen LogP) is 3.54. The number of ether oxygens (including phenoxy) is 2. The van der Waals surface area contributed by atoms with Crippen LogP contribution in [0.15, 0.2) is 36.4 Å². The largest absolute Gasteiger partial charge is 0.481 e. The fraction of sp³-hybridized carbons (Fsp3) is 0.421. The minimum absolute atomic E-state index is 0.133. The summed E-state index contributed by atoms with van der Waals surface area (Å²) in [6.45, 7) is 1.76. The van der Waals surface area contributed by atoms with Crippen LogP contribution in [0.2, 0.25) is 0 Å². The Labute approximate surface area is 171 Å². The third-order valence-electron chi connectivity index (χ3n) is 4.85. The van der Waals surface area contributed by atoms with Gasteiger partial charge in [-0.05, 0) is 30.6 Å². The van der Waals surface area contributed by atoms with Crippen molar-refractivity contribution in [2.24, 2.45) is 0 Å². The Bertz CT molecular complexity index is 843. The molecule has 0 atom stereocenters. The Hall–Kier alpha value is -2.46. The van der Waals surface area contributed by atoms with Crippen LogP contribution in [0.4, 0.5) is 19.1 Å². The summed E-state index contributed by atoms with van der Waals surface area (Å²) in [6.07, 6.45) is -3.01. The summed E-state index contributed by atoms with van der Waals surface area (Å²) in [4.78, 5) is 7.37. The van der Waals surface area contributed by atoms with Crippen molar-refractivity contribution >= 4 is 23.3 Å². The van der Waals surface area contributed by atoms with Crippen molar-refractivity contribution < 1.29 is 22.6 Å². The molecule has 0 spiro atoms. The number of thiocarbonyl (C=S) groups is 1. The van der Waals surface area contributed by atoms with Gasteiger partial charge in [-0.3, -0.25) is 0 Å². The van der Waals surface area contributed by atoms with Crippen LogP contribution in [0.1, 0.15) is 24.1 Å². The Morgan fingerprint density at radius 3 is 2.52 bits per heavy atom. The predicted molar refractivity (Wildman–Crippen MR) is 106 cm³/mol. The average molecular weight is 426 g/mol. The summed E-state index contributed by atoms with van der Waals surface area (Å²) in [5, 5.41) is 5.86. The maximum atomic E-state index is 13.0. The molecule has 0 saturated carbocycles. The molecule has 0 amide bonds. The molecule has 0 bridgehead atoms. The zero-order valence-corrected chi connectivity index (χ0v) is 16.6. The number of nitrogens with zero attached hydrogens (tertiary/aromatic N) is 2. The molecule has 29 heavy (non-hydrogen) atoms. The van der Waals surface area contributed by atoms with E-state index in [1.807, 2.05) is 18.2 Å². The molecule has 1 aromatic carbocycles. The van der Waals surface area contributed by atoms with Gasteiger partial charge in [-0.15, -0.1) is 0 Å². The van der Waals surface area contributed by atoms with E-state index in [2.05, 4.69) is 32.7 Å². The fourth-order valence-corrected chi connectivity index (χ4v) is 3.41. The number of hydrogen-bond acceptors (Lipinski definition) is 5. The molecule has 0 unspecified atom stereocenters. The highest BCUT2D eigenvalue weighted by atomic mass is 32.1. The number of methoxy groups -OCH3 is 1. The summed E-state index contributed by atoms with van der Waals surface area (Å²) in [5.74, 6) is -0.488. The van der Waals surface area contributed by atoms with Crippen LogP contribution in [-0.2, 0) is 16.3 Å². The van der Waals surface area contributed by atoms with Crippen LogP contribution >= 0.6 is 12.2 Å². The molecule has 2 N–H and O–H groups in total. The lowest BCUT2D eigenvalue weighted by Gasteiger charge is -2.38. The van der Waals surface area contributed by atoms with E-state index in [4.69, 9.17) is 21.7 Å². The number of halogens is 3. The molecule has 6 nitrogen and oxygen atoms in total. The third kappa shape index (κ3) is 5.33. The molecule has 1 aliphatic rings. The number of rotatable bonds is 5. The SMILES string of the molecule is COc1cc(C(F)(F)F)nc(NC(=S)NCC2(c3ccccc3)CCOCC2)n1. The maximum Gasteiger partial charge on any atom is 0.433 e. The van der Waals surface area contributed by atoms with Crippen LogP contribution in [0, 0.1) is 0 Å². The average Bonchev–Trinajstić information content (AvgIpc) is 2.73. The second-order valence-corrected chi connectivity index (χ2v) is 7.09. The molecule has 2 aromatic rings. The van der Waals surface area contributed by atoms with Gasteiger partial charge in [0.05, 0.1) is 7.11 Å². The monoisotopic (exact) mass is 426 g/mol. The molecule has 0 aliphatic carbocycles. The Morgan fingerprint density at radius 2 is 1.90 bits per heavy atom. The van der Waals surface area contributed by atoms with Gasteiger partial charge in [0.15, 0.2) is 10.8 Å². The van der Waals surface area contributed by atoms with Crippen LogP contribution in [0.5, 0.6) is 5.88 Å². The van der Waals surface area contributed by atoms with Crippen molar-refractivity contribution in [3.63, 3.8) is 0 Å². The first-order chi connectivity index (χ1) is 13.8. The second kappa shape index (κ2) is 8.91. The first-order valence-corrected chi connectivity index (χ1v) is 9.42. The molecule has 0 radical (unpaired) electrons. The fourth-order valence-electron chi connectivity index (χ4n) is 3.25. The molecule has 1 fully saturated rings. The molecular formula is C19H21F3N4O2S. The molecule has 10 heteroatoms. The van der Waals surface area contributed by atoms with Gasteiger partial charge >= 0.3 is 6.18 Å². The van der Waals surface area contributed by atoms with Crippen LogP contribution in [-0.4, -0.2) is 41.9 Å². The van der Waals surface area contributed by atoms with Crippen molar-refractivity contribution in [2.45, 2.75) is 24.4 Å². The van der Waals surface area contributed by atoms with E-state index in [1.54, 1.807) is 0 Å². The first-order valence-electron chi connectivity index (χ1n) is 9.01. The standard InChI is InChI=1S/C19H21F3N4O2S/c1-27-15-11-14(19(20,21)22)24-16(25-15)26-17(29)23-12-18(7-9-28-10-8-18)13-5-3-2-4-6-13/h2-6,11H,7-10,12H2,1H3,(H2,23,24,25,26,29). The highest BCUT2D eigenvalue weighted by Gasteiger charge is 2.35. The van der Waals surface area contributed by atoms with Gasteiger partial charge in [0.2, 0.25) is 11.8 Å². The molecule has 2 heterocycles. The highest BCUT2D eigenvalue weighted by Crippen LogP contribution is 2.34. The van der Waals surface area contributed by atoms with Gasteiger partial charge < -0.3 is 20.1 Å². The third-order valence-corrected chi connectivity index (χ3v) is 5.10. The lowest BCUT2D eigenvalue weighted by molar-refractivity contribution is -0.141. The summed E-state index contributed by atoms with van der Waals surface area (Å²) in [7, 11) is 1.23. The van der Waals surface area contributed by atoms with E-state index in [0.29, 0.717) is 19.8 Å². The van der Waals surface area contributed by atoms with Crippen LogP contribution in [0.3, 0.4) is 0 Å². The van der Waals surface area contributed by atoms with Crippen molar-refractivity contribution in [2.75, 3.05) is 32.2 Å². The Balaban J connectivity index is 1.72.